The van der Waals surface area contributed by atoms with E-state index in [0.717, 1.165) is 19.3 Å². The summed E-state index contributed by atoms with van der Waals surface area (Å²) >= 11 is -0.912. The van der Waals surface area contributed by atoms with E-state index in [0.29, 0.717) is 7.25 Å². The fourth-order valence-electron chi connectivity index (χ4n) is 8.08. The standard InChI is InChI=1S/C43H46.2ClH.Zr/c1-9-28-25-32-13-11-15-36(30-17-21-34(22-18-30)42(3,4)5)40(32)38(28)27-39-29(10-2)26-33-14-12-16-37(41(33)39)31-19-23-35(24-20-31)43(6,7)8;;;/h11-26H,9-10,27H2,1-8H3;2*1H;/q;;;+2/p-2. The number of rotatable bonds is 4. The van der Waals surface area contributed by atoms with Gasteiger partial charge >= 0.3 is 279 Å². The fraction of sp³-hybridized carbons (Fsp3) is 0.349. The molecule has 2 aliphatic carbocycles. The topological polar surface area (TPSA) is 0 Å². The van der Waals surface area contributed by atoms with E-state index >= 15 is 0 Å². The molecule has 0 saturated carbocycles. The van der Waals surface area contributed by atoms with Crippen molar-refractivity contribution in [1.82, 2.24) is 0 Å². The molecule has 4 aromatic carbocycles. The zero-order valence-electron chi connectivity index (χ0n) is 28.6. The summed E-state index contributed by atoms with van der Waals surface area (Å²) in [7, 11) is 0. The van der Waals surface area contributed by atoms with E-state index in [-0.39, 0.29) is 35.6 Å². The average Bonchev–Trinajstić information content (AvgIpc) is 3.50. The molecule has 0 spiro atoms. The summed E-state index contributed by atoms with van der Waals surface area (Å²) in [5.74, 6) is 0. The Hall–Kier alpha value is -2.18. The van der Waals surface area contributed by atoms with Crippen molar-refractivity contribution in [3.63, 3.8) is 0 Å². The average molecular weight is 725 g/mol. The van der Waals surface area contributed by atoms with Crippen LogP contribution < -0.4 is 24.8 Å². The molecule has 4 bridgehead atoms. The van der Waals surface area contributed by atoms with E-state index < -0.39 is 23.2 Å². The second-order valence-corrected chi connectivity index (χ2v) is 18.8. The Bertz CT molecular complexity index is 1690. The third-order valence-corrected chi connectivity index (χ3v) is 15.3. The summed E-state index contributed by atoms with van der Waals surface area (Å²) in [6.07, 6.45) is 3.39. The van der Waals surface area contributed by atoms with Crippen LogP contribution in [0, 0.1) is 0 Å². The first-order valence-electron chi connectivity index (χ1n) is 16.7. The molecule has 0 radical (unpaired) electrons. The van der Waals surface area contributed by atoms with Gasteiger partial charge in [0.15, 0.2) is 0 Å². The van der Waals surface area contributed by atoms with Crippen LogP contribution in [0.2, 0.25) is 0 Å². The molecule has 4 aromatic rings. The molecule has 0 aromatic heterocycles. The van der Waals surface area contributed by atoms with Gasteiger partial charge in [0.1, 0.15) is 0 Å². The molecule has 236 valence electrons. The molecule has 3 heteroatoms. The van der Waals surface area contributed by atoms with Gasteiger partial charge in [-0.3, -0.25) is 0 Å². The molecule has 0 saturated heterocycles. The van der Waals surface area contributed by atoms with Gasteiger partial charge in [0, 0.05) is 0 Å². The van der Waals surface area contributed by atoms with Gasteiger partial charge in [0.2, 0.25) is 0 Å². The zero-order valence-corrected chi connectivity index (χ0v) is 32.6. The largest absolute Gasteiger partial charge is 1.00 e. The number of allylic oxidation sites excluding steroid dienone is 4. The molecule has 1 heterocycles. The van der Waals surface area contributed by atoms with Crippen LogP contribution in [0.4, 0.5) is 0 Å². The van der Waals surface area contributed by atoms with E-state index in [1.54, 1.807) is 44.5 Å². The number of fused-ring (bicyclic) bond motifs is 8. The van der Waals surface area contributed by atoms with Crippen LogP contribution in [0.15, 0.2) is 96.1 Å². The summed E-state index contributed by atoms with van der Waals surface area (Å²) in [6, 6.07) is 33.4. The Balaban J connectivity index is 0.00000208. The summed E-state index contributed by atoms with van der Waals surface area (Å²) < 4.78 is 1.33. The molecular formula is C43H46Cl2Zr. The Morgan fingerprint density at radius 3 is 1.24 bits per heavy atom. The molecule has 1 aliphatic heterocycles. The minimum Gasteiger partial charge on any atom is -1.00 e. The SMILES string of the molecule is CCC1=C2CC3=C(CC)[CH]([Zr+2][CH]1c1cccc(-c4ccc(C(C)(C)C)cc4)c12)c1cccc(-c2ccc(C(C)(C)C)cc2)c13.[Cl-].[Cl-]. The maximum atomic E-state index is 2.49. The van der Waals surface area contributed by atoms with Crippen LogP contribution in [0.3, 0.4) is 0 Å². The van der Waals surface area contributed by atoms with Crippen molar-refractivity contribution in [3.8, 4) is 22.3 Å². The van der Waals surface area contributed by atoms with E-state index in [1.165, 1.54) is 33.4 Å². The summed E-state index contributed by atoms with van der Waals surface area (Å²) in [5, 5.41) is 0. The van der Waals surface area contributed by atoms with Gasteiger partial charge in [-0.25, -0.2) is 0 Å². The zero-order chi connectivity index (χ0) is 31.0. The van der Waals surface area contributed by atoms with Gasteiger partial charge in [-0.1, -0.05) is 0 Å². The van der Waals surface area contributed by atoms with Gasteiger partial charge < -0.3 is 24.8 Å². The molecular weight excluding hydrogens is 679 g/mol. The molecule has 0 fully saturated rings. The molecule has 7 rings (SSSR count). The molecule has 3 aliphatic rings. The minimum atomic E-state index is -0.912. The maximum absolute atomic E-state index is 2.49. The first-order chi connectivity index (χ1) is 21.0. The maximum Gasteiger partial charge on any atom is -1.00 e. The van der Waals surface area contributed by atoms with Crippen LogP contribution in [0.1, 0.15) is 115 Å². The summed E-state index contributed by atoms with van der Waals surface area (Å²) in [4.78, 5) is 0. The van der Waals surface area contributed by atoms with Gasteiger partial charge in [0.25, 0.3) is 0 Å². The summed E-state index contributed by atoms with van der Waals surface area (Å²) in [5.41, 5.74) is 22.0. The van der Waals surface area contributed by atoms with Crippen LogP contribution in [0.5, 0.6) is 0 Å². The third kappa shape index (κ3) is 5.78. The second kappa shape index (κ2) is 13.0. The molecule has 0 nitrogen and oxygen atoms in total. The van der Waals surface area contributed by atoms with Crippen molar-refractivity contribution in [3.05, 3.63) is 129 Å². The summed E-state index contributed by atoms with van der Waals surface area (Å²) in [6.45, 7) is 18.7. The quantitative estimate of drug-likeness (QED) is 0.234. The number of hydrogen-bond donors (Lipinski definition) is 0. The monoisotopic (exact) mass is 722 g/mol. The van der Waals surface area contributed by atoms with Crippen LogP contribution in [-0.2, 0) is 34.1 Å². The van der Waals surface area contributed by atoms with E-state index in [4.69, 9.17) is 0 Å². The van der Waals surface area contributed by atoms with Crippen molar-refractivity contribution >= 4 is 11.1 Å². The molecule has 46 heavy (non-hydrogen) atoms. The van der Waals surface area contributed by atoms with Gasteiger partial charge in [-0.2, -0.15) is 0 Å². The Morgan fingerprint density at radius 2 is 0.913 bits per heavy atom. The fourth-order valence-corrected chi connectivity index (χ4v) is 13.8. The second-order valence-electron chi connectivity index (χ2n) is 15.1. The van der Waals surface area contributed by atoms with Gasteiger partial charge in [-0.15, -0.1) is 0 Å². The van der Waals surface area contributed by atoms with Crippen LogP contribution >= 0.6 is 0 Å². The van der Waals surface area contributed by atoms with Gasteiger partial charge in [0.05, 0.1) is 0 Å². The van der Waals surface area contributed by atoms with Crippen molar-refractivity contribution in [2.24, 2.45) is 0 Å². The molecule has 0 N–H and O–H groups in total. The molecule has 0 amide bonds. The van der Waals surface area contributed by atoms with Crippen molar-refractivity contribution in [2.75, 3.05) is 0 Å². The molecule has 2 atom stereocenters. The predicted octanol–water partition coefficient (Wildman–Crippen LogP) is 6.25. The van der Waals surface area contributed by atoms with Crippen molar-refractivity contribution < 1.29 is 48.0 Å². The Morgan fingerprint density at radius 1 is 0.543 bits per heavy atom. The Kier molecular flexibility index (Phi) is 9.95. The first-order valence-corrected chi connectivity index (χ1v) is 19.5. The van der Waals surface area contributed by atoms with E-state index in [2.05, 4.69) is 140 Å². The van der Waals surface area contributed by atoms with Gasteiger partial charge in [-0.05, 0) is 0 Å². The first kappa shape index (κ1) is 35.1. The van der Waals surface area contributed by atoms with Crippen LogP contribution in [0.25, 0.3) is 33.4 Å². The van der Waals surface area contributed by atoms with Crippen LogP contribution in [-0.4, -0.2) is 0 Å². The number of halogens is 2. The normalized spacial score (nSPS) is 18.0. The number of benzene rings is 4. The van der Waals surface area contributed by atoms with Crippen molar-refractivity contribution in [2.45, 2.75) is 92.7 Å². The predicted molar refractivity (Wildman–Crippen MR) is 186 cm³/mol. The van der Waals surface area contributed by atoms with E-state index in [1.807, 2.05) is 0 Å². The Labute approximate surface area is 301 Å². The minimum absolute atomic E-state index is 0. The van der Waals surface area contributed by atoms with Crippen molar-refractivity contribution in [1.29, 1.82) is 0 Å². The third-order valence-electron chi connectivity index (χ3n) is 10.5. The van der Waals surface area contributed by atoms with E-state index in [9.17, 15) is 0 Å². The number of hydrogen-bond acceptors (Lipinski definition) is 0. The smallest absolute Gasteiger partial charge is 1.00 e. The molecule has 2 unspecified atom stereocenters.